The van der Waals surface area contributed by atoms with Gasteiger partial charge in [-0.1, -0.05) is 32.8 Å². The molecule has 1 saturated carbocycles. The summed E-state index contributed by atoms with van der Waals surface area (Å²) in [4.78, 5) is 28.3. The van der Waals surface area contributed by atoms with Crippen molar-refractivity contribution in [3.63, 3.8) is 0 Å². The molecule has 4 rings (SSSR count). The van der Waals surface area contributed by atoms with E-state index in [0.29, 0.717) is 24.3 Å². The molecule has 1 aromatic carbocycles. The van der Waals surface area contributed by atoms with E-state index in [1.54, 1.807) is 0 Å². The number of carboxylic acids is 1. The first kappa shape index (κ1) is 25.8. The average molecular weight is 478 g/mol. The van der Waals surface area contributed by atoms with E-state index in [1.165, 1.54) is 11.1 Å². The minimum Gasteiger partial charge on any atom is -0.481 e. The molecule has 2 N–H and O–H groups in total. The van der Waals surface area contributed by atoms with E-state index in [-0.39, 0.29) is 30.9 Å². The SMILES string of the molecule is CC(C)CN1CCc2ccc(N3C(=O)NCC3C3CCC(CCC(=O)O)CC3)cc2CC1.Cl. The van der Waals surface area contributed by atoms with Crippen molar-refractivity contribution in [3.05, 3.63) is 29.3 Å². The number of hydrogen-bond donors (Lipinski definition) is 2. The highest BCUT2D eigenvalue weighted by atomic mass is 35.5. The van der Waals surface area contributed by atoms with Crippen LogP contribution in [0, 0.1) is 17.8 Å². The Labute approximate surface area is 204 Å². The summed E-state index contributed by atoms with van der Waals surface area (Å²) in [6, 6.07) is 6.88. The lowest BCUT2D eigenvalue weighted by atomic mass is 9.76. The Morgan fingerprint density at radius 1 is 1.12 bits per heavy atom. The van der Waals surface area contributed by atoms with Crippen molar-refractivity contribution in [2.75, 3.05) is 31.1 Å². The average Bonchev–Trinajstić information content (AvgIpc) is 3.04. The van der Waals surface area contributed by atoms with Gasteiger partial charge < -0.3 is 15.3 Å². The molecule has 0 spiro atoms. The van der Waals surface area contributed by atoms with Gasteiger partial charge in [-0.05, 0) is 73.1 Å². The second kappa shape index (κ2) is 11.6. The zero-order chi connectivity index (χ0) is 22.7. The first-order valence-corrected chi connectivity index (χ1v) is 12.5. The number of carbonyl (C=O) groups is 2. The zero-order valence-corrected chi connectivity index (χ0v) is 20.9. The van der Waals surface area contributed by atoms with Crippen LogP contribution in [-0.2, 0) is 17.6 Å². The van der Waals surface area contributed by atoms with Crippen LogP contribution in [0.3, 0.4) is 0 Å². The molecule has 2 aliphatic heterocycles. The highest BCUT2D eigenvalue weighted by Gasteiger charge is 2.39. The number of halogens is 1. The molecule has 33 heavy (non-hydrogen) atoms. The Morgan fingerprint density at radius 3 is 2.48 bits per heavy atom. The number of hydrogen-bond acceptors (Lipinski definition) is 3. The fourth-order valence-electron chi connectivity index (χ4n) is 6.00. The van der Waals surface area contributed by atoms with Gasteiger partial charge in [-0.3, -0.25) is 9.69 Å². The van der Waals surface area contributed by atoms with Gasteiger partial charge in [-0.2, -0.15) is 0 Å². The van der Waals surface area contributed by atoms with E-state index < -0.39 is 5.97 Å². The molecule has 1 saturated heterocycles. The van der Waals surface area contributed by atoms with E-state index in [1.807, 2.05) is 4.90 Å². The monoisotopic (exact) mass is 477 g/mol. The number of carbonyl (C=O) groups excluding carboxylic acids is 1. The lowest BCUT2D eigenvalue weighted by molar-refractivity contribution is -0.137. The van der Waals surface area contributed by atoms with Crippen molar-refractivity contribution in [3.8, 4) is 0 Å². The number of nitrogens with zero attached hydrogens (tertiary/aromatic N) is 2. The molecule has 0 aromatic heterocycles. The molecule has 0 bridgehead atoms. The topological polar surface area (TPSA) is 72.9 Å². The number of carboxylic acid groups (broad SMARTS) is 1. The molecule has 1 aromatic rings. The van der Waals surface area contributed by atoms with Crippen molar-refractivity contribution >= 4 is 30.1 Å². The number of aliphatic carboxylic acids is 1. The summed E-state index contributed by atoms with van der Waals surface area (Å²) in [5.74, 6) is 0.983. The molecule has 1 unspecified atom stereocenters. The van der Waals surface area contributed by atoms with Crippen LogP contribution in [0.4, 0.5) is 10.5 Å². The van der Waals surface area contributed by atoms with E-state index in [9.17, 15) is 9.59 Å². The summed E-state index contributed by atoms with van der Waals surface area (Å²) in [5, 5.41) is 12.0. The van der Waals surface area contributed by atoms with Crippen molar-refractivity contribution in [2.24, 2.45) is 17.8 Å². The van der Waals surface area contributed by atoms with Crippen molar-refractivity contribution < 1.29 is 14.7 Å². The number of amides is 2. The van der Waals surface area contributed by atoms with Crippen LogP contribution in [0.25, 0.3) is 0 Å². The molecule has 2 heterocycles. The number of nitrogens with one attached hydrogen (secondary N) is 1. The molecule has 0 radical (unpaired) electrons. The van der Waals surface area contributed by atoms with Gasteiger partial charge in [0.2, 0.25) is 0 Å². The molecule has 2 amide bonds. The van der Waals surface area contributed by atoms with Crippen LogP contribution < -0.4 is 10.2 Å². The second-order valence-electron chi connectivity index (χ2n) is 10.5. The van der Waals surface area contributed by atoms with Gasteiger partial charge in [0.15, 0.2) is 0 Å². The van der Waals surface area contributed by atoms with Crippen LogP contribution in [0.2, 0.25) is 0 Å². The fourth-order valence-corrected chi connectivity index (χ4v) is 6.00. The van der Waals surface area contributed by atoms with Crippen LogP contribution in [0.5, 0.6) is 0 Å². The van der Waals surface area contributed by atoms with Crippen LogP contribution in [0.1, 0.15) is 63.5 Å². The summed E-state index contributed by atoms with van der Waals surface area (Å²) in [5.41, 5.74) is 3.86. The highest BCUT2D eigenvalue weighted by Crippen LogP contribution is 2.37. The maximum absolute atomic E-state index is 12.8. The Morgan fingerprint density at radius 2 is 1.82 bits per heavy atom. The van der Waals surface area contributed by atoms with E-state index in [0.717, 1.165) is 70.3 Å². The first-order valence-electron chi connectivity index (χ1n) is 12.5. The Kier molecular flexibility index (Phi) is 9.05. The zero-order valence-electron chi connectivity index (χ0n) is 20.1. The molecule has 1 atom stereocenters. The maximum atomic E-state index is 12.8. The van der Waals surface area contributed by atoms with Gasteiger partial charge >= 0.3 is 12.0 Å². The van der Waals surface area contributed by atoms with Crippen LogP contribution in [-0.4, -0.2) is 54.2 Å². The van der Waals surface area contributed by atoms with E-state index in [2.05, 4.69) is 42.3 Å². The predicted octanol–water partition coefficient (Wildman–Crippen LogP) is 4.73. The third-order valence-electron chi connectivity index (χ3n) is 7.70. The number of fused-ring (bicyclic) bond motifs is 1. The molecular weight excluding hydrogens is 438 g/mol. The molecule has 2 fully saturated rings. The van der Waals surface area contributed by atoms with Gasteiger partial charge in [0.25, 0.3) is 0 Å². The standard InChI is InChI=1S/C26H39N3O3.ClH/c1-18(2)17-28-13-11-20-8-9-23(15-22(20)12-14-28)29-24(16-27-26(29)32)21-6-3-19(4-7-21)5-10-25(30)31;/h8-9,15,18-19,21,24H,3-7,10-14,16-17H2,1-2H3,(H,27,32)(H,30,31);1H. The third kappa shape index (κ3) is 6.42. The number of urea groups is 1. The quantitative estimate of drug-likeness (QED) is 0.595. The lowest BCUT2D eigenvalue weighted by Gasteiger charge is -2.35. The molecule has 7 heteroatoms. The van der Waals surface area contributed by atoms with Gasteiger partial charge in [0, 0.05) is 38.3 Å². The van der Waals surface area contributed by atoms with Crippen LogP contribution >= 0.6 is 12.4 Å². The summed E-state index contributed by atoms with van der Waals surface area (Å²) in [6.07, 6.45) is 7.49. The van der Waals surface area contributed by atoms with Gasteiger partial charge in [-0.15, -0.1) is 12.4 Å². The Balaban J connectivity index is 0.00000306. The maximum Gasteiger partial charge on any atom is 0.322 e. The first-order chi connectivity index (χ1) is 15.4. The Bertz CT molecular complexity index is 823. The van der Waals surface area contributed by atoms with Crippen molar-refractivity contribution in [1.82, 2.24) is 10.2 Å². The molecule has 3 aliphatic rings. The smallest absolute Gasteiger partial charge is 0.322 e. The van der Waals surface area contributed by atoms with E-state index >= 15 is 0 Å². The van der Waals surface area contributed by atoms with Crippen molar-refractivity contribution in [2.45, 2.75) is 71.3 Å². The summed E-state index contributed by atoms with van der Waals surface area (Å²) >= 11 is 0. The molecule has 184 valence electrons. The third-order valence-corrected chi connectivity index (χ3v) is 7.70. The molecule has 1 aliphatic carbocycles. The summed E-state index contributed by atoms with van der Waals surface area (Å²) in [6.45, 7) is 8.62. The summed E-state index contributed by atoms with van der Waals surface area (Å²) in [7, 11) is 0. The number of anilines is 1. The minimum atomic E-state index is -0.695. The molecule has 6 nitrogen and oxygen atoms in total. The molecular formula is C26H40ClN3O3. The van der Waals surface area contributed by atoms with Gasteiger partial charge in [0.1, 0.15) is 0 Å². The predicted molar refractivity (Wildman–Crippen MR) is 134 cm³/mol. The lowest BCUT2D eigenvalue weighted by Crippen LogP contribution is -2.40. The fraction of sp³-hybridized carbons (Fsp3) is 0.692. The normalized spacial score (nSPS) is 25.8. The second-order valence-corrected chi connectivity index (χ2v) is 10.5. The Hall–Kier alpha value is -1.79. The minimum absolute atomic E-state index is 0. The number of benzene rings is 1. The largest absolute Gasteiger partial charge is 0.481 e. The number of rotatable bonds is 7. The highest BCUT2D eigenvalue weighted by molar-refractivity contribution is 5.95. The van der Waals surface area contributed by atoms with Gasteiger partial charge in [-0.25, -0.2) is 4.79 Å². The van der Waals surface area contributed by atoms with E-state index in [4.69, 9.17) is 5.11 Å². The summed E-state index contributed by atoms with van der Waals surface area (Å²) < 4.78 is 0. The van der Waals surface area contributed by atoms with Gasteiger partial charge in [0.05, 0.1) is 6.04 Å². The van der Waals surface area contributed by atoms with Crippen molar-refractivity contribution in [1.29, 1.82) is 0 Å². The van der Waals surface area contributed by atoms with Crippen LogP contribution in [0.15, 0.2) is 18.2 Å².